The molecule has 3 aromatic heterocycles. The monoisotopic (exact) mass is 806 g/mol. The van der Waals surface area contributed by atoms with Gasteiger partial charge in [0.05, 0.1) is 15.9 Å². The van der Waals surface area contributed by atoms with Crippen molar-refractivity contribution < 1.29 is 0 Å². The van der Waals surface area contributed by atoms with Crippen molar-refractivity contribution in [1.82, 2.24) is 19.9 Å². The Labute approximate surface area is 361 Å². The Morgan fingerprint density at radius 1 is 0.639 bits per heavy atom. The maximum Gasteiger partial charge on any atom is 0.163 e. The van der Waals surface area contributed by atoms with Crippen molar-refractivity contribution >= 4 is 44.5 Å². The molecule has 2 aliphatic carbocycles. The Hall–Kier alpha value is -6.82. The van der Waals surface area contributed by atoms with E-state index in [1.807, 2.05) is 48.6 Å². The van der Waals surface area contributed by atoms with E-state index in [2.05, 4.69) is 153 Å². The Balaban J connectivity index is 1.07. The highest BCUT2D eigenvalue weighted by Crippen LogP contribution is 2.49. The SMILES string of the molecule is C=CC1c2ccccc2-c2ccc(-c3ccc4c(c3)nc(-c3ccc(-c5nc(CC/C=C\C=C/C)nc(-c6ccccc6)n5)cc3)c3sc5c(c34)=CCCC=5)cc2C1/C=C\C. The van der Waals surface area contributed by atoms with Gasteiger partial charge in [0.2, 0.25) is 0 Å². The Morgan fingerprint density at radius 3 is 2.15 bits per heavy atom. The van der Waals surface area contributed by atoms with Crippen molar-refractivity contribution in [3.8, 4) is 56.3 Å². The number of allylic oxidation sites excluding steroid dienone is 7. The van der Waals surface area contributed by atoms with Gasteiger partial charge in [-0.2, -0.15) is 0 Å². The number of fused-ring (bicyclic) bond motifs is 8. The Kier molecular flexibility index (Phi) is 10.5. The van der Waals surface area contributed by atoms with Gasteiger partial charge in [-0.3, -0.25) is 0 Å². The van der Waals surface area contributed by atoms with Gasteiger partial charge in [0.25, 0.3) is 0 Å². The van der Waals surface area contributed by atoms with Crippen molar-refractivity contribution in [3.05, 3.63) is 191 Å². The largest absolute Gasteiger partial charge is 0.246 e. The molecule has 0 fully saturated rings. The third kappa shape index (κ3) is 7.19. The highest BCUT2D eigenvalue weighted by molar-refractivity contribution is 7.17. The first-order valence-corrected chi connectivity index (χ1v) is 22.2. The summed E-state index contributed by atoms with van der Waals surface area (Å²) in [5, 5.41) is 3.84. The molecule has 0 radical (unpaired) electrons. The maximum absolute atomic E-state index is 5.52. The first kappa shape index (κ1) is 38.4. The van der Waals surface area contributed by atoms with Crippen LogP contribution in [0.4, 0.5) is 0 Å². The van der Waals surface area contributed by atoms with Gasteiger partial charge in [0, 0.05) is 50.3 Å². The van der Waals surface area contributed by atoms with Crippen LogP contribution in [0.25, 0.3) is 89.4 Å². The molecule has 61 heavy (non-hydrogen) atoms. The van der Waals surface area contributed by atoms with Crippen LogP contribution in [0.15, 0.2) is 164 Å². The van der Waals surface area contributed by atoms with Crippen LogP contribution in [0.5, 0.6) is 0 Å². The second-order valence-corrected chi connectivity index (χ2v) is 16.9. The number of pyridine rings is 1. The van der Waals surface area contributed by atoms with E-state index < -0.39 is 0 Å². The lowest BCUT2D eigenvalue weighted by Gasteiger charge is -2.33. The quantitative estimate of drug-likeness (QED) is 0.102. The molecule has 5 aromatic carbocycles. The summed E-state index contributed by atoms with van der Waals surface area (Å²) >= 11 is 1.86. The Bertz CT molecular complexity index is 3190. The molecule has 0 bridgehead atoms. The summed E-state index contributed by atoms with van der Waals surface area (Å²) in [5.41, 5.74) is 12.6. The number of rotatable bonds is 10. The normalized spacial score (nSPS) is 15.8. The average Bonchev–Trinajstić information content (AvgIpc) is 3.71. The van der Waals surface area contributed by atoms with E-state index in [0.29, 0.717) is 11.6 Å². The predicted molar refractivity (Wildman–Crippen MR) is 258 cm³/mol. The number of nitrogens with zero attached hydrogens (tertiary/aromatic N) is 4. The van der Waals surface area contributed by atoms with Gasteiger partial charge < -0.3 is 0 Å². The van der Waals surface area contributed by atoms with Crippen molar-refractivity contribution in [2.75, 3.05) is 0 Å². The van der Waals surface area contributed by atoms with Crippen molar-refractivity contribution in [1.29, 1.82) is 0 Å². The molecular weight excluding hydrogens is 761 g/mol. The smallest absolute Gasteiger partial charge is 0.163 e. The fourth-order valence-corrected chi connectivity index (χ4v) is 10.4. The van der Waals surface area contributed by atoms with Crippen LogP contribution in [-0.4, -0.2) is 19.9 Å². The third-order valence-corrected chi connectivity index (χ3v) is 13.2. The van der Waals surface area contributed by atoms with E-state index >= 15 is 0 Å². The number of aromatic nitrogens is 4. The second kappa shape index (κ2) is 16.7. The van der Waals surface area contributed by atoms with Gasteiger partial charge in [-0.15, -0.1) is 17.9 Å². The van der Waals surface area contributed by atoms with E-state index in [9.17, 15) is 0 Å². The summed E-state index contributed by atoms with van der Waals surface area (Å²) in [4.78, 5) is 20.4. The van der Waals surface area contributed by atoms with Gasteiger partial charge in [0.15, 0.2) is 11.6 Å². The van der Waals surface area contributed by atoms with Gasteiger partial charge in [-0.25, -0.2) is 19.9 Å². The summed E-state index contributed by atoms with van der Waals surface area (Å²) < 4.78 is 2.57. The summed E-state index contributed by atoms with van der Waals surface area (Å²) in [6.07, 6.45) is 23.4. The molecule has 0 N–H and O–H groups in total. The predicted octanol–water partition coefficient (Wildman–Crippen LogP) is 13.3. The zero-order chi connectivity index (χ0) is 41.3. The number of hydrogen-bond donors (Lipinski definition) is 0. The summed E-state index contributed by atoms with van der Waals surface area (Å²) in [6, 6.07) is 41.5. The first-order valence-electron chi connectivity index (χ1n) is 21.4. The first-order chi connectivity index (χ1) is 30.1. The average molecular weight is 807 g/mol. The number of thiophene rings is 1. The summed E-state index contributed by atoms with van der Waals surface area (Å²) in [7, 11) is 0. The molecule has 10 rings (SSSR count). The lowest BCUT2D eigenvalue weighted by molar-refractivity contribution is 0.728. The van der Waals surface area contributed by atoms with E-state index in [0.717, 1.165) is 65.0 Å². The number of hydrogen-bond acceptors (Lipinski definition) is 5. The number of benzene rings is 5. The van der Waals surface area contributed by atoms with Crippen LogP contribution in [-0.2, 0) is 6.42 Å². The maximum atomic E-state index is 5.52. The molecule has 0 aliphatic heterocycles. The third-order valence-electron chi connectivity index (χ3n) is 12.0. The van der Waals surface area contributed by atoms with Gasteiger partial charge in [-0.05, 0) is 83.8 Å². The van der Waals surface area contributed by atoms with E-state index in [4.69, 9.17) is 19.9 Å². The molecule has 0 saturated heterocycles. The molecular formula is C56H46N4S. The zero-order valence-electron chi connectivity index (χ0n) is 34.6. The Morgan fingerprint density at radius 2 is 1.34 bits per heavy atom. The lowest BCUT2D eigenvalue weighted by Crippen LogP contribution is -2.20. The minimum atomic E-state index is 0.210. The van der Waals surface area contributed by atoms with Crippen LogP contribution in [0.2, 0.25) is 0 Å². The van der Waals surface area contributed by atoms with Crippen LogP contribution in [0.3, 0.4) is 0 Å². The molecule has 2 aliphatic rings. The van der Waals surface area contributed by atoms with Crippen LogP contribution in [0.1, 0.15) is 61.9 Å². The molecule has 4 nitrogen and oxygen atoms in total. The van der Waals surface area contributed by atoms with Crippen molar-refractivity contribution in [2.45, 2.75) is 51.4 Å². The van der Waals surface area contributed by atoms with Crippen LogP contribution < -0.4 is 9.75 Å². The summed E-state index contributed by atoms with van der Waals surface area (Å²) in [5.74, 6) is 2.57. The fraction of sp³-hybridized carbons (Fsp3) is 0.143. The standard InChI is InChI=1S/C56H46N4S/c1-4-7-8-9-13-25-51-58-55(37-19-11-10-12-20-37)60-56(59-51)38-28-26-36(27-29-38)53-54-52(47-23-16-17-24-50(47)61-54)46-33-31-40(35-49(46)57-53)39-30-32-45-44-22-15-14-21-43(44)41(6-3)42(18-5-2)48(45)34-39/h4-12,14-15,18-24,26-35,41-42H,3,13,16-17,25H2,1-2H3/b7-4-,9-8-,18-5-. The zero-order valence-corrected chi connectivity index (χ0v) is 35.4. The van der Waals surface area contributed by atoms with Crippen LogP contribution in [0, 0.1) is 0 Å². The van der Waals surface area contributed by atoms with Crippen molar-refractivity contribution in [3.63, 3.8) is 0 Å². The molecule has 2 unspecified atom stereocenters. The molecule has 2 atom stereocenters. The van der Waals surface area contributed by atoms with Gasteiger partial charge >= 0.3 is 0 Å². The highest BCUT2D eigenvalue weighted by atomic mass is 32.1. The van der Waals surface area contributed by atoms with Crippen LogP contribution >= 0.6 is 11.3 Å². The molecule has 5 heteroatoms. The minimum Gasteiger partial charge on any atom is -0.246 e. The van der Waals surface area contributed by atoms with Gasteiger partial charge in [-0.1, -0.05) is 158 Å². The molecule has 3 heterocycles. The number of aryl methyl sites for hydroxylation is 1. The van der Waals surface area contributed by atoms with E-state index in [1.165, 1.54) is 53.0 Å². The molecule has 8 aromatic rings. The highest BCUT2D eigenvalue weighted by Gasteiger charge is 2.30. The minimum absolute atomic E-state index is 0.210. The topological polar surface area (TPSA) is 51.6 Å². The summed E-state index contributed by atoms with van der Waals surface area (Å²) in [6.45, 7) is 8.42. The molecule has 296 valence electrons. The fourth-order valence-electron chi connectivity index (χ4n) is 9.11. The van der Waals surface area contributed by atoms with E-state index in [-0.39, 0.29) is 11.8 Å². The van der Waals surface area contributed by atoms with Gasteiger partial charge in [0.1, 0.15) is 5.82 Å². The van der Waals surface area contributed by atoms with Crippen molar-refractivity contribution in [2.24, 2.45) is 0 Å². The second-order valence-electron chi connectivity index (χ2n) is 15.8. The molecule has 0 amide bonds. The van der Waals surface area contributed by atoms with E-state index in [1.54, 1.807) is 0 Å². The molecule has 0 saturated carbocycles. The molecule has 0 spiro atoms. The lowest BCUT2D eigenvalue weighted by atomic mass is 9.71.